The van der Waals surface area contributed by atoms with Crippen LogP contribution in [0.4, 0.5) is 4.39 Å². The Bertz CT molecular complexity index is 934. The van der Waals surface area contributed by atoms with E-state index >= 15 is 0 Å². The summed E-state index contributed by atoms with van der Waals surface area (Å²) >= 11 is 0. The number of aromatic hydroxyl groups is 1. The van der Waals surface area contributed by atoms with Crippen molar-refractivity contribution >= 4 is 5.91 Å². The lowest BCUT2D eigenvalue weighted by Crippen LogP contribution is -2.41. The summed E-state index contributed by atoms with van der Waals surface area (Å²) in [5.41, 5.74) is 9.06. The Kier molecular flexibility index (Phi) is 6.27. The number of halogens is 1. The molecule has 166 valence electrons. The summed E-state index contributed by atoms with van der Waals surface area (Å²) in [6, 6.07) is 10.9. The number of hydrogen-bond acceptors (Lipinski definition) is 5. The maximum atomic E-state index is 13.6. The molecule has 2 saturated heterocycles. The quantitative estimate of drug-likeness (QED) is 0.591. The van der Waals surface area contributed by atoms with E-state index in [0.717, 1.165) is 23.1 Å². The SMILES string of the molecule is Cc1ccc(O)c(C2NNC3C(=O)N(CCCOC(C)C)C(c4ccc(F)cc4)C32)c1. The minimum absolute atomic E-state index is 0.00557. The number of nitrogens with zero attached hydrogens (tertiary/aromatic N) is 1. The zero-order chi connectivity index (χ0) is 22.1. The Balaban J connectivity index is 1.67. The van der Waals surface area contributed by atoms with Crippen LogP contribution in [-0.2, 0) is 9.53 Å². The second-order valence-corrected chi connectivity index (χ2v) is 8.68. The predicted octanol–water partition coefficient (Wildman–Crippen LogP) is 3.37. The molecule has 31 heavy (non-hydrogen) atoms. The van der Waals surface area contributed by atoms with E-state index in [1.807, 2.05) is 37.8 Å². The lowest BCUT2D eigenvalue weighted by atomic mass is 9.83. The summed E-state index contributed by atoms with van der Waals surface area (Å²) in [5.74, 6) is -0.264. The molecule has 2 fully saturated rings. The summed E-state index contributed by atoms with van der Waals surface area (Å²) in [7, 11) is 0. The zero-order valence-electron chi connectivity index (χ0n) is 18.1. The largest absolute Gasteiger partial charge is 0.508 e. The van der Waals surface area contributed by atoms with Crippen LogP contribution in [0, 0.1) is 18.7 Å². The van der Waals surface area contributed by atoms with Crippen molar-refractivity contribution in [1.82, 2.24) is 15.8 Å². The fraction of sp³-hybridized carbons (Fsp3) is 0.458. The van der Waals surface area contributed by atoms with Gasteiger partial charge in [-0.2, -0.15) is 0 Å². The van der Waals surface area contributed by atoms with Crippen LogP contribution in [0.1, 0.15) is 49.0 Å². The molecule has 0 bridgehead atoms. The highest BCUT2D eigenvalue weighted by atomic mass is 19.1. The van der Waals surface area contributed by atoms with Crippen LogP contribution in [0.2, 0.25) is 0 Å². The summed E-state index contributed by atoms with van der Waals surface area (Å²) in [4.78, 5) is 15.2. The van der Waals surface area contributed by atoms with Crippen LogP contribution in [0.3, 0.4) is 0 Å². The number of rotatable bonds is 7. The van der Waals surface area contributed by atoms with Crippen molar-refractivity contribution in [3.63, 3.8) is 0 Å². The van der Waals surface area contributed by atoms with Crippen LogP contribution >= 0.6 is 0 Å². The molecule has 4 rings (SSSR count). The Morgan fingerprint density at radius 2 is 1.84 bits per heavy atom. The molecule has 0 radical (unpaired) electrons. The molecule has 4 unspecified atom stereocenters. The first kappa shape index (κ1) is 21.7. The molecule has 0 saturated carbocycles. The van der Waals surface area contributed by atoms with Crippen LogP contribution in [0.5, 0.6) is 5.75 Å². The second kappa shape index (κ2) is 8.94. The van der Waals surface area contributed by atoms with Gasteiger partial charge in [0, 0.05) is 24.6 Å². The lowest BCUT2D eigenvalue weighted by Gasteiger charge is -2.31. The van der Waals surface area contributed by atoms with Gasteiger partial charge in [-0.15, -0.1) is 0 Å². The molecule has 2 aromatic carbocycles. The minimum Gasteiger partial charge on any atom is -0.508 e. The highest BCUT2D eigenvalue weighted by molar-refractivity contribution is 5.86. The Morgan fingerprint density at radius 1 is 1.13 bits per heavy atom. The number of phenols is 1. The molecule has 4 atom stereocenters. The molecule has 2 aromatic rings. The number of hydrazine groups is 1. The molecular weight excluding hydrogens is 397 g/mol. The number of ether oxygens (including phenoxy) is 1. The molecule has 7 heteroatoms. The van der Waals surface area contributed by atoms with E-state index in [0.29, 0.717) is 13.2 Å². The van der Waals surface area contributed by atoms with Crippen molar-refractivity contribution in [3.05, 3.63) is 65.0 Å². The Morgan fingerprint density at radius 3 is 2.55 bits per heavy atom. The van der Waals surface area contributed by atoms with Crippen molar-refractivity contribution in [3.8, 4) is 5.75 Å². The van der Waals surface area contributed by atoms with Gasteiger partial charge in [0.2, 0.25) is 5.91 Å². The number of carbonyl (C=O) groups excluding carboxylic acids is 1. The van der Waals surface area contributed by atoms with Gasteiger partial charge in [0.15, 0.2) is 0 Å². The van der Waals surface area contributed by atoms with Gasteiger partial charge >= 0.3 is 0 Å². The maximum Gasteiger partial charge on any atom is 0.242 e. The molecule has 3 N–H and O–H groups in total. The molecule has 6 nitrogen and oxygen atoms in total. The number of fused-ring (bicyclic) bond motifs is 1. The molecule has 0 spiro atoms. The second-order valence-electron chi connectivity index (χ2n) is 8.68. The molecular formula is C24H30FN3O3. The van der Waals surface area contributed by atoms with E-state index in [4.69, 9.17) is 4.74 Å². The molecule has 1 amide bonds. The van der Waals surface area contributed by atoms with Crippen molar-refractivity contribution in [2.24, 2.45) is 5.92 Å². The summed E-state index contributed by atoms with van der Waals surface area (Å²) < 4.78 is 19.3. The van der Waals surface area contributed by atoms with Crippen LogP contribution in [0.25, 0.3) is 0 Å². The van der Waals surface area contributed by atoms with Crippen molar-refractivity contribution in [2.75, 3.05) is 13.2 Å². The number of benzene rings is 2. The normalized spacial score (nSPS) is 25.5. The van der Waals surface area contributed by atoms with E-state index in [1.54, 1.807) is 18.2 Å². The minimum atomic E-state index is -0.425. The summed E-state index contributed by atoms with van der Waals surface area (Å²) in [5, 5.41) is 10.5. The number of aryl methyl sites for hydroxylation is 1. The van der Waals surface area contributed by atoms with Gasteiger partial charge in [-0.05, 0) is 51.0 Å². The Labute approximate surface area is 182 Å². The van der Waals surface area contributed by atoms with E-state index in [-0.39, 0.29) is 41.6 Å². The highest BCUT2D eigenvalue weighted by Crippen LogP contribution is 2.48. The predicted molar refractivity (Wildman–Crippen MR) is 116 cm³/mol. The maximum absolute atomic E-state index is 13.6. The number of carbonyl (C=O) groups is 1. The van der Waals surface area contributed by atoms with Crippen LogP contribution in [0.15, 0.2) is 42.5 Å². The van der Waals surface area contributed by atoms with E-state index in [9.17, 15) is 14.3 Å². The number of nitrogens with one attached hydrogen (secondary N) is 2. The number of amides is 1. The third-order valence-electron chi connectivity index (χ3n) is 6.14. The van der Waals surface area contributed by atoms with Crippen molar-refractivity contribution < 1.29 is 19.0 Å². The van der Waals surface area contributed by atoms with Crippen molar-refractivity contribution in [2.45, 2.75) is 51.4 Å². The number of hydrogen-bond donors (Lipinski definition) is 3. The highest BCUT2D eigenvalue weighted by Gasteiger charge is 2.55. The first-order valence-corrected chi connectivity index (χ1v) is 10.8. The average Bonchev–Trinajstić information content (AvgIpc) is 3.27. The van der Waals surface area contributed by atoms with E-state index in [2.05, 4.69) is 10.9 Å². The van der Waals surface area contributed by atoms with E-state index < -0.39 is 6.04 Å². The van der Waals surface area contributed by atoms with Gasteiger partial charge in [0.05, 0.1) is 18.2 Å². The topological polar surface area (TPSA) is 73.8 Å². The first-order valence-electron chi connectivity index (χ1n) is 10.8. The van der Waals surface area contributed by atoms with Crippen LogP contribution in [-0.4, -0.2) is 41.2 Å². The molecule has 0 aromatic heterocycles. The molecule has 2 heterocycles. The number of likely N-dealkylation sites (tertiary alicyclic amines) is 1. The smallest absolute Gasteiger partial charge is 0.242 e. The monoisotopic (exact) mass is 427 g/mol. The molecule has 2 aliphatic heterocycles. The van der Waals surface area contributed by atoms with Gasteiger partial charge in [-0.1, -0.05) is 29.8 Å². The summed E-state index contributed by atoms with van der Waals surface area (Å²) in [6.45, 7) is 7.07. The van der Waals surface area contributed by atoms with Gasteiger partial charge in [-0.25, -0.2) is 15.2 Å². The van der Waals surface area contributed by atoms with Crippen molar-refractivity contribution in [1.29, 1.82) is 0 Å². The van der Waals surface area contributed by atoms with Crippen LogP contribution < -0.4 is 10.9 Å². The fourth-order valence-electron chi connectivity index (χ4n) is 4.75. The fourth-order valence-corrected chi connectivity index (χ4v) is 4.75. The van der Waals surface area contributed by atoms with Gasteiger partial charge in [-0.3, -0.25) is 4.79 Å². The lowest BCUT2D eigenvalue weighted by molar-refractivity contribution is -0.131. The van der Waals surface area contributed by atoms with Gasteiger partial charge < -0.3 is 14.7 Å². The summed E-state index contributed by atoms with van der Waals surface area (Å²) in [6.07, 6.45) is 0.857. The zero-order valence-corrected chi connectivity index (χ0v) is 18.1. The Hall–Kier alpha value is -2.48. The molecule has 0 aliphatic carbocycles. The molecule has 2 aliphatic rings. The van der Waals surface area contributed by atoms with E-state index in [1.165, 1.54) is 12.1 Å². The standard InChI is InChI=1S/C24H30FN3O3/c1-14(2)31-12-4-11-28-23(16-6-8-17(25)9-7-16)20-21(26-27-22(20)24(28)30)18-13-15(3)5-10-19(18)29/h5-10,13-14,20-23,26-27,29H,4,11-12H2,1-3H3. The van der Waals surface area contributed by atoms with Gasteiger partial charge in [0.1, 0.15) is 17.6 Å². The van der Waals surface area contributed by atoms with Gasteiger partial charge in [0.25, 0.3) is 0 Å². The first-order chi connectivity index (χ1) is 14.9. The third-order valence-corrected chi connectivity index (χ3v) is 6.14. The average molecular weight is 428 g/mol. The number of phenolic OH excluding ortho intramolecular Hbond substituents is 1. The third kappa shape index (κ3) is 4.31.